The highest BCUT2D eigenvalue weighted by Crippen LogP contribution is 2.28. The smallest absolute Gasteiger partial charge is 0.192 e. The van der Waals surface area contributed by atoms with E-state index in [-0.39, 0.29) is 0 Å². The molecule has 1 aliphatic carbocycles. The molecule has 0 radical (unpaired) electrons. The molecule has 0 aromatic heterocycles. The first kappa shape index (κ1) is 19.1. The van der Waals surface area contributed by atoms with Crippen molar-refractivity contribution in [2.75, 3.05) is 5.75 Å². The van der Waals surface area contributed by atoms with Gasteiger partial charge in [0.05, 0.1) is 0 Å². The molecule has 0 atom stereocenters. The highest BCUT2D eigenvalue weighted by Gasteiger charge is 2.20. The van der Waals surface area contributed by atoms with E-state index in [0.29, 0.717) is 11.0 Å². The number of carbonyl (C=O) groups is 1. The topological polar surface area (TPSA) is 17.1 Å². The van der Waals surface area contributed by atoms with Crippen molar-refractivity contribution in [3.63, 3.8) is 0 Å². The average molecular weight is 313 g/mol. The summed E-state index contributed by atoms with van der Waals surface area (Å²) in [5.41, 5.74) is 0. The van der Waals surface area contributed by atoms with Crippen LogP contribution in [0.5, 0.6) is 0 Å². The number of rotatable bonds is 12. The Hall–Kier alpha value is 0.0200. The molecule has 1 aliphatic rings. The molecule has 1 rings (SSSR count). The molecule has 0 aliphatic heterocycles. The van der Waals surface area contributed by atoms with Gasteiger partial charge in [-0.2, -0.15) is 0 Å². The van der Waals surface area contributed by atoms with Gasteiger partial charge in [0.15, 0.2) is 5.12 Å². The van der Waals surface area contributed by atoms with Gasteiger partial charge < -0.3 is 0 Å². The first-order valence-electron chi connectivity index (χ1n) is 9.51. The van der Waals surface area contributed by atoms with Gasteiger partial charge in [-0.1, -0.05) is 95.7 Å². The molecule has 1 saturated carbocycles. The van der Waals surface area contributed by atoms with E-state index in [9.17, 15) is 4.79 Å². The van der Waals surface area contributed by atoms with Crippen LogP contribution in [0.15, 0.2) is 0 Å². The molecule has 0 saturated heterocycles. The lowest BCUT2D eigenvalue weighted by atomic mass is 9.90. The van der Waals surface area contributed by atoms with Crippen LogP contribution in [0.3, 0.4) is 0 Å². The van der Waals surface area contributed by atoms with Gasteiger partial charge in [-0.15, -0.1) is 0 Å². The van der Waals surface area contributed by atoms with E-state index in [4.69, 9.17) is 0 Å². The van der Waals surface area contributed by atoms with Crippen LogP contribution in [0, 0.1) is 5.92 Å². The number of carbonyl (C=O) groups excluding carboxylic acids is 1. The van der Waals surface area contributed by atoms with E-state index in [1.54, 1.807) is 11.8 Å². The van der Waals surface area contributed by atoms with Crippen molar-refractivity contribution in [3.8, 4) is 0 Å². The van der Waals surface area contributed by atoms with Gasteiger partial charge in [-0.05, 0) is 19.3 Å². The first-order valence-corrected chi connectivity index (χ1v) is 10.5. The highest BCUT2D eigenvalue weighted by molar-refractivity contribution is 8.13. The molecular weight excluding hydrogens is 276 g/mol. The van der Waals surface area contributed by atoms with Gasteiger partial charge in [-0.25, -0.2) is 0 Å². The van der Waals surface area contributed by atoms with Gasteiger partial charge in [0.25, 0.3) is 0 Å². The monoisotopic (exact) mass is 312 g/mol. The Kier molecular flexibility index (Phi) is 12.4. The molecule has 0 heterocycles. The summed E-state index contributed by atoms with van der Waals surface area (Å²) in [5.74, 6) is 1.46. The van der Waals surface area contributed by atoms with Crippen LogP contribution in [0.25, 0.3) is 0 Å². The molecule has 0 aromatic carbocycles. The molecule has 0 bridgehead atoms. The third-order valence-electron chi connectivity index (χ3n) is 4.68. The van der Waals surface area contributed by atoms with Crippen LogP contribution in [0.1, 0.15) is 103 Å². The Bertz CT molecular complexity index is 246. The minimum Gasteiger partial charge on any atom is -0.287 e. The molecule has 21 heavy (non-hydrogen) atoms. The Morgan fingerprint density at radius 3 is 1.90 bits per heavy atom. The van der Waals surface area contributed by atoms with Crippen LogP contribution in [0.2, 0.25) is 0 Å². The molecule has 1 fully saturated rings. The zero-order valence-electron chi connectivity index (χ0n) is 14.2. The largest absolute Gasteiger partial charge is 0.287 e. The fourth-order valence-electron chi connectivity index (χ4n) is 3.22. The number of hydrogen-bond acceptors (Lipinski definition) is 2. The summed E-state index contributed by atoms with van der Waals surface area (Å²) in [5, 5.41) is 0.491. The summed E-state index contributed by atoms with van der Waals surface area (Å²) >= 11 is 1.62. The van der Waals surface area contributed by atoms with Crippen molar-refractivity contribution in [2.45, 2.75) is 103 Å². The maximum absolute atomic E-state index is 12.0. The molecule has 0 unspecified atom stereocenters. The van der Waals surface area contributed by atoms with E-state index in [0.717, 1.165) is 18.6 Å². The molecule has 1 nitrogen and oxygen atoms in total. The highest BCUT2D eigenvalue weighted by atomic mass is 32.2. The Labute approximate surface area is 137 Å². The molecule has 0 N–H and O–H groups in total. The second kappa shape index (κ2) is 13.7. The third kappa shape index (κ3) is 10.4. The SMILES string of the molecule is CCCCCCCCCCCCSC(=O)C1CCCCC1. The van der Waals surface area contributed by atoms with E-state index in [1.165, 1.54) is 83.5 Å². The van der Waals surface area contributed by atoms with Crippen LogP contribution in [0.4, 0.5) is 0 Å². The summed E-state index contributed by atoms with van der Waals surface area (Å²) < 4.78 is 0. The van der Waals surface area contributed by atoms with Gasteiger partial charge in [-0.3, -0.25) is 4.79 Å². The van der Waals surface area contributed by atoms with Gasteiger partial charge >= 0.3 is 0 Å². The van der Waals surface area contributed by atoms with E-state index in [2.05, 4.69) is 6.92 Å². The molecule has 2 heteroatoms. The lowest BCUT2D eigenvalue weighted by Crippen LogP contribution is -2.15. The maximum Gasteiger partial charge on any atom is 0.192 e. The van der Waals surface area contributed by atoms with Gasteiger partial charge in [0.2, 0.25) is 0 Å². The third-order valence-corrected chi connectivity index (χ3v) is 5.79. The van der Waals surface area contributed by atoms with Crippen molar-refractivity contribution in [2.24, 2.45) is 5.92 Å². The second-order valence-corrected chi connectivity index (χ2v) is 7.78. The van der Waals surface area contributed by atoms with Crippen molar-refractivity contribution >= 4 is 16.9 Å². The summed E-state index contributed by atoms with van der Waals surface area (Å²) in [6.07, 6.45) is 20.0. The Balaban J connectivity index is 1.80. The summed E-state index contributed by atoms with van der Waals surface area (Å²) in [6.45, 7) is 2.27. The predicted molar refractivity (Wildman–Crippen MR) is 95.9 cm³/mol. The quantitative estimate of drug-likeness (QED) is 0.371. The van der Waals surface area contributed by atoms with Crippen molar-refractivity contribution in [1.82, 2.24) is 0 Å². The Morgan fingerprint density at radius 1 is 0.810 bits per heavy atom. The average Bonchev–Trinajstić information content (AvgIpc) is 2.53. The maximum atomic E-state index is 12.0. The molecule has 124 valence electrons. The Morgan fingerprint density at radius 2 is 1.33 bits per heavy atom. The van der Waals surface area contributed by atoms with E-state index < -0.39 is 0 Å². The summed E-state index contributed by atoms with van der Waals surface area (Å²) in [7, 11) is 0. The minimum atomic E-state index is 0.395. The molecule has 0 amide bonds. The number of hydrogen-bond donors (Lipinski definition) is 0. The van der Waals surface area contributed by atoms with Crippen molar-refractivity contribution < 1.29 is 4.79 Å². The van der Waals surface area contributed by atoms with E-state index in [1.807, 2.05) is 0 Å². The summed E-state index contributed by atoms with van der Waals surface area (Å²) in [6, 6.07) is 0. The van der Waals surface area contributed by atoms with Crippen LogP contribution < -0.4 is 0 Å². The standard InChI is InChI=1S/C19H36OS/c1-2-3-4-5-6-7-8-9-10-14-17-21-19(20)18-15-12-11-13-16-18/h18H,2-17H2,1H3. The van der Waals surface area contributed by atoms with Crippen LogP contribution >= 0.6 is 11.8 Å². The molecule has 0 aromatic rings. The lowest BCUT2D eigenvalue weighted by Gasteiger charge is -2.19. The van der Waals surface area contributed by atoms with Crippen LogP contribution in [-0.2, 0) is 4.79 Å². The van der Waals surface area contributed by atoms with Gasteiger partial charge in [0.1, 0.15) is 0 Å². The predicted octanol–water partition coefficient (Wildman–Crippen LogP) is 6.75. The fourth-order valence-corrected chi connectivity index (χ4v) is 4.24. The fraction of sp³-hybridized carbons (Fsp3) is 0.947. The molecule has 0 spiro atoms. The number of unbranched alkanes of at least 4 members (excludes halogenated alkanes) is 9. The lowest BCUT2D eigenvalue weighted by molar-refractivity contribution is -0.115. The van der Waals surface area contributed by atoms with Crippen molar-refractivity contribution in [3.05, 3.63) is 0 Å². The second-order valence-electron chi connectivity index (χ2n) is 6.68. The zero-order chi connectivity index (χ0) is 15.2. The van der Waals surface area contributed by atoms with Gasteiger partial charge in [0, 0.05) is 11.7 Å². The first-order chi connectivity index (χ1) is 10.3. The van der Waals surface area contributed by atoms with Crippen LogP contribution in [-0.4, -0.2) is 10.9 Å². The minimum absolute atomic E-state index is 0.395. The number of thioether (sulfide) groups is 1. The zero-order valence-corrected chi connectivity index (χ0v) is 15.0. The van der Waals surface area contributed by atoms with Crippen molar-refractivity contribution in [1.29, 1.82) is 0 Å². The molecular formula is C19H36OS. The van der Waals surface area contributed by atoms with E-state index >= 15 is 0 Å². The normalized spacial score (nSPS) is 16.2. The summed E-state index contributed by atoms with van der Waals surface area (Å²) in [4.78, 5) is 12.0.